The lowest BCUT2D eigenvalue weighted by molar-refractivity contribution is -0.136. The maximum absolute atomic E-state index is 13.4. The summed E-state index contributed by atoms with van der Waals surface area (Å²) in [5.74, 6) is -6.91. The summed E-state index contributed by atoms with van der Waals surface area (Å²) in [6, 6.07) is 8.43. The van der Waals surface area contributed by atoms with Crippen molar-refractivity contribution in [1.29, 1.82) is 0 Å². The third-order valence-electron chi connectivity index (χ3n) is 3.08. The fourth-order valence-corrected chi connectivity index (χ4v) is 2.11. The molecule has 0 aromatic heterocycles. The van der Waals surface area contributed by atoms with Gasteiger partial charge in [0.25, 0.3) is 0 Å². The van der Waals surface area contributed by atoms with Crippen LogP contribution in [0.5, 0.6) is 0 Å². The van der Waals surface area contributed by atoms with Gasteiger partial charge in [0.15, 0.2) is 17.5 Å². The highest BCUT2D eigenvalue weighted by Gasteiger charge is 2.18. The minimum absolute atomic E-state index is 0.146. The molecule has 2 aromatic rings. The summed E-state index contributed by atoms with van der Waals surface area (Å²) in [6.07, 6.45) is 0.430. The van der Waals surface area contributed by atoms with E-state index in [9.17, 15) is 22.8 Å². The number of hydrogen-bond donors (Lipinski definition) is 2. The predicted octanol–water partition coefficient (Wildman–Crippen LogP) is 3.05. The van der Waals surface area contributed by atoms with Crippen molar-refractivity contribution in [3.63, 3.8) is 0 Å². The van der Waals surface area contributed by atoms with Crippen LogP contribution in [0.3, 0.4) is 0 Å². The van der Waals surface area contributed by atoms with Crippen LogP contribution in [0.4, 0.5) is 18.9 Å². The lowest BCUT2D eigenvalue weighted by Gasteiger charge is -2.08. The second-order valence-electron chi connectivity index (χ2n) is 4.81. The number of amides is 2. The second-order valence-corrected chi connectivity index (χ2v) is 5.25. The van der Waals surface area contributed by atoms with Crippen molar-refractivity contribution in [2.45, 2.75) is 6.42 Å². The Kier molecular flexibility index (Phi) is 5.81. The second kappa shape index (κ2) is 7.83. The Balaban J connectivity index is 1.89. The van der Waals surface area contributed by atoms with Crippen LogP contribution in [-0.4, -0.2) is 18.4 Å². The summed E-state index contributed by atoms with van der Waals surface area (Å²) < 4.78 is 39.3. The fraction of sp³-hybridized carbons (Fsp3) is 0.125. The van der Waals surface area contributed by atoms with E-state index in [-0.39, 0.29) is 6.54 Å². The molecule has 2 amide bonds. The highest BCUT2D eigenvalue weighted by molar-refractivity contribution is 6.39. The van der Waals surface area contributed by atoms with Gasteiger partial charge in [-0.2, -0.15) is 0 Å². The van der Waals surface area contributed by atoms with Crippen LogP contribution < -0.4 is 10.6 Å². The fourth-order valence-electron chi connectivity index (χ4n) is 1.89. The monoisotopic (exact) mass is 356 g/mol. The van der Waals surface area contributed by atoms with E-state index in [1.54, 1.807) is 24.3 Å². The van der Waals surface area contributed by atoms with Crippen LogP contribution in [0.1, 0.15) is 5.56 Å². The standard InChI is InChI=1S/C16H12ClF3N2O2/c17-10-3-1-2-9(8-10)6-7-21-15(23)16(24)22-12-5-4-11(18)13(19)14(12)20/h1-5,8H,6-7H2,(H,21,23)(H,22,24). The van der Waals surface area contributed by atoms with Gasteiger partial charge in [0, 0.05) is 11.6 Å². The highest BCUT2D eigenvalue weighted by Crippen LogP contribution is 2.19. The molecule has 0 fully saturated rings. The van der Waals surface area contributed by atoms with Gasteiger partial charge in [-0.3, -0.25) is 9.59 Å². The lowest BCUT2D eigenvalue weighted by atomic mass is 10.1. The van der Waals surface area contributed by atoms with Gasteiger partial charge < -0.3 is 10.6 Å². The van der Waals surface area contributed by atoms with Crippen molar-refractivity contribution < 1.29 is 22.8 Å². The molecule has 2 N–H and O–H groups in total. The largest absolute Gasteiger partial charge is 0.347 e. The van der Waals surface area contributed by atoms with E-state index in [4.69, 9.17) is 11.6 Å². The molecule has 0 unspecified atom stereocenters. The molecule has 24 heavy (non-hydrogen) atoms. The molecule has 0 aliphatic heterocycles. The van der Waals surface area contributed by atoms with E-state index < -0.39 is 35.0 Å². The van der Waals surface area contributed by atoms with Crippen molar-refractivity contribution in [2.24, 2.45) is 0 Å². The predicted molar refractivity (Wildman–Crippen MR) is 83.1 cm³/mol. The van der Waals surface area contributed by atoms with E-state index in [0.29, 0.717) is 17.5 Å². The Morgan fingerprint density at radius 2 is 1.75 bits per heavy atom. The van der Waals surface area contributed by atoms with Crippen molar-refractivity contribution in [2.75, 3.05) is 11.9 Å². The molecular formula is C16H12ClF3N2O2. The topological polar surface area (TPSA) is 58.2 Å². The van der Waals surface area contributed by atoms with Gasteiger partial charge in [-0.15, -0.1) is 0 Å². The third kappa shape index (κ3) is 4.48. The molecule has 2 rings (SSSR count). The van der Waals surface area contributed by atoms with E-state index in [1.807, 2.05) is 5.32 Å². The summed E-state index contributed by atoms with van der Waals surface area (Å²) in [7, 11) is 0. The molecule has 8 heteroatoms. The average molecular weight is 357 g/mol. The molecule has 0 radical (unpaired) electrons. The Labute approximate surface area is 140 Å². The smallest absolute Gasteiger partial charge is 0.313 e. The summed E-state index contributed by atoms with van der Waals surface area (Å²) in [5, 5.41) is 4.76. The zero-order chi connectivity index (χ0) is 17.7. The number of nitrogens with one attached hydrogen (secondary N) is 2. The number of carbonyl (C=O) groups excluding carboxylic acids is 2. The molecule has 0 heterocycles. The van der Waals surface area contributed by atoms with Crippen LogP contribution in [0.2, 0.25) is 5.02 Å². The Morgan fingerprint density at radius 3 is 2.46 bits per heavy atom. The van der Waals surface area contributed by atoms with Crippen molar-refractivity contribution in [3.05, 3.63) is 64.4 Å². The van der Waals surface area contributed by atoms with E-state index >= 15 is 0 Å². The summed E-state index contributed by atoms with van der Waals surface area (Å²) in [6.45, 7) is 0.146. The number of benzene rings is 2. The average Bonchev–Trinajstić information content (AvgIpc) is 2.55. The summed E-state index contributed by atoms with van der Waals surface area (Å²) in [4.78, 5) is 23.3. The summed E-state index contributed by atoms with van der Waals surface area (Å²) >= 11 is 5.82. The van der Waals surface area contributed by atoms with Gasteiger partial charge in [0.05, 0.1) is 5.69 Å². The molecule has 0 bridgehead atoms. The van der Waals surface area contributed by atoms with Crippen molar-refractivity contribution in [3.8, 4) is 0 Å². The molecule has 0 atom stereocenters. The Bertz CT molecular complexity index is 784. The van der Waals surface area contributed by atoms with E-state index in [2.05, 4.69) is 5.32 Å². The van der Waals surface area contributed by atoms with Gasteiger partial charge in [-0.1, -0.05) is 23.7 Å². The van der Waals surface area contributed by atoms with Crippen LogP contribution >= 0.6 is 11.6 Å². The van der Waals surface area contributed by atoms with E-state index in [0.717, 1.165) is 11.6 Å². The zero-order valence-corrected chi connectivity index (χ0v) is 13.0. The number of rotatable bonds is 4. The van der Waals surface area contributed by atoms with E-state index in [1.165, 1.54) is 0 Å². The number of anilines is 1. The Hall–Kier alpha value is -2.54. The third-order valence-corrected chi connectivity index (χ3v) is 3.31. The maximum Gasteiger partial charge on any atom is 0.313 e. The lowest BCUT2D eigenvalue weighted by Crippen LogP contribution is -2.36. The maximum atomic E-state index is 13.4. The Morgan fingerprint density at radius 1 is 1.00 bits per heavy atom. The quantitative estimate of drug-likeness (QED) is 0.653. The molecule has 0 spiro atoms. The first kappa shape index (κ1) is 17.8. The normalized spacial score (nSPS) is 10.3. The number of carbonyl (C=O) groups is 2. The summed E-state index contributed by atoms with van der Waals surface area (Å²) in [5.41, 5.74) is 0.235. The van der Waals surface area contributed by atoms with Crippen molar-refractivity contribution >= 4 is 29.1 Å². The van der Waals surface area contributed by atoms with Gasteiger partial charge in [0.1, 0.15) is 0 Å². The van der Waals surface area contributed by atoms with Gasteiger partial charge in [0.2, 0.25) is 0 Å². The first-order valence-electron chi connectivity index (χ1n) is 6.85. The van der Waals surface area contributed by atoms with Gasteiger partial charge in [-0.05, 0) is 36.2 Å². The first-order chi connectivity index (χ1) is 11.4. The molecule has 4 nitrogen and oxygen atoms in total. The molecule has 0 aliphatic rings. The first-order valence-corrected chi connectivity index (χ1v) is 7.23. The van der Waals surface area contributed by atoms with Crippen LogP contribution in [0, 0.1) is 17.5 Å². The van der Waals surface area contributed by atoms with Gasteiger partial charge in [-0.25, -0.2) is 13.2 Å². The van der Waals surface area contributed by atoms with Crippen LogP contribution in [-0.2, 0) is 16.0 Å². The van der Waals surface area contributed by atoms with Crippen molar-refractivity contribution in [1.82, 2.24) is 5.32 Å². The van der Waals surface area contributed by atoms with Crippen LogP contribution in [0.15, 0.2) is 36.4 Å². The molecular weight excluding hydrogens is 345 g/mol. The molecule has 126 valence electrons. The number of halogens is 4. The molecule has 0 saturated heterocycles. The highest BCUT2D eigenvalue weighted by atomic mass is 35.5. The minimum Gasteiger partial charge on any atom is -0.347 e. The SMILES string of the molecule is O=C(NCCc1cccc(Cl)c1)C(=O)Nc1ccc(F)c(F)c1F. The molecule has 0 saturated carbocycles. The van der Waals surface area contributed by atoms with Gasteiger partial charge >= 0.3 is 11.8 Å². The molecule has 2 aromatic carbocycles. The molecule has 0 aliphatic carbocycles. The zero-order valence-electron chi connectivity index (χ0n) is 12.2. The van der Waals surface area contributed by atoms with Crippen LogP contribution in [0.25, 0.3) is 0 Å². The number of hydrogen-bond acceptors (Lipinski definition) is 2. The minimum atomic E-state index is -1.73.